The first kappa shape index (κ1) is 16.2. The monoisotopic (exact) mass is 339 g/mol. The van der Waals surface area contributed by atoms with Crippen LogP contribution in [0, 0.1) is 6.92 Å². The van der Waals surface area contributed by atoms with E-state index in [1.807, 2.05) is 38.1 Å². The Bertz CT molecular complexity index is 660. The molecule has 2 rings (SSSR count). The molecule has 2 nitrogen and oxygen atoms in total. The van der Waals surface area contributed by atoms with Crippen LogP contribution in [0.1, 0.15) is 12.5 Å². The molecule has 2 aromatic rings. The average Bonchev–Trinajstić information content (AvgIpc) is 2.43. The largest absolute Gasteiger partial charge is 0.325 e. The molecule has 110 valence electrons. The summed E-state index contributed by atoms with van der Waals surface area (Å²) < 4.78 is 0. The molecule has 0 fully saturated rings. The predicted octanol–water partition coefficient (Wildman–Crippen LogP) is 5.42. The van der Waals surface area contributed by atoms with Crippen molar-refractivity contribution in [3.8, 4) is 0 Å². The van der Waals surface area contributed by atoms with Gasteiger partial charge in [-0.25, -0.2) is 0 Å². The zero-order chi connectivity index (χ0) is 15.4. The van der Waals surface area contributed by atoms with E-state index in [0.717, 1.165) is 16.1 Å². The number of carbonyl (C=O) groups is 1. The quantitative estimate of drug-likeness (QED) is 0.753. The van der Waals surface area contributed by atoms with Crippen LogP contribution in [0.2, 0.25) is 10.0 Å². The highest BCUT2D eigenvalue weighted by molar-refractivity contribution is 8.00. The molecule has 0 saturated heterocycles. The molecule has 0 aliphatic carbocycles. The van der Waals surface area contributed by atoms with Gasteiger partial charge < -0.3 is 5.32 Å². The lowest BCUT2D eigenvalue weighted by Crippen LogP contribution is -2.22. The molecule has 2 aromatic carbocycles. The van der Waals surface area contributed by atoms with Gasteiger partial charge in [-0.3, -0.25) is 4.79 Å². The summed E-state index contributed by atoms with van der Waals surface area (Å²) in [5.41, 5.74) is 1.90. The Hall–Kier alpha value is -1.16. The smallest absolute Gasteiger partial charge is 0.237 e. The number of carbonyl (C=O) groups excluding carboxylic acids is 1. The van der Waals surface area contributed by atoms with Gasteiger partial charge in [-0.15, -0.1) is 11.8 Å². The van der Waals surface area contributed by atoms with Crippen molar-refractivity contribution in [3.05, 3.63) is 58.1 Å². The van der Waals surface area contributed by atoms with Gasteiger partial charge in [0.25, 0.3) is 0 Å². The van der Waals surface area contributed by atoms with Gasteiger partial charge in [0.2, 0.25) is 5.91 Å². The van der Waals surface area contributed by atoms with E-state index in [1.54, 1.807) is 18.2 Å². The van der Waals surface area contributed by atoms with Crippen molar-refractivity contribution < 1.29 is 4.79 Å². The number of amides is 1. The maximum Gasteiger partial charge on any atom is 0.237 e. The lowest BCUT2D eigenvalue weighted by Gasteiger charge is -2.13. The summed E-state index contributed by atoms with van der Waals surface area (Å²) >= 11 is 13.5. The predicted molar refractivity (Wildman–Crippen MR) is 91.6 cm³/mol. The van der Waals surface area contributed by atoms with Crippen molar-refractivity contribution in [3.63, 3.8) is 0 Å². The van der Waals surface area contributed by atoms with E-state index >= 15 is 0 Å². The summed E-state index contributed by atoms with van der Waals surface area (Å²) in [5, 5.41) is 3.83. The fraction of sp³-hybridized carbons (Fsp3) is 0.188. The van der Waals surface area contributed by atoms with Crippen LogP contribution < -0.4 is 5.32 Å². The van der Waals surface area contributed by atoms with Crippen molar-refractivity contribution in [2.45, 2.75) is 24.0 Å². The van der Waals surface area contributed by atoms with E-state index in [2.05, 4.69) is 5.32 Å². The average molecular weight is 340 g/mol. The molecule has 0 aliphatic heterocycles. The first-order valence-electron chi connectivity index (χ1n) is 6.45. The second-order valence-electron chi connectivity index (χ2n) is 4.69. The number of hydrogen-bond acceptors (Lipinski definition) is 2. The van der Waals surface area contributed by atoms with Crippen LogP contribution in [-0.4, -0.2) is 11.2 Å². The lowest BCUT2D eigenvalue weighted by molar-refractivity contribution is -0.115. The normalized spacial score (nSPS) is 12.0. The molecule has 21 heavy (non-hydrogen) atoms. The molecule has 0 unspecified atom stereocenters. The summed E-state index contributed by atoms with van der Waals surface area (Å²) in [6.45, 7) is 3.83. The lowest BCUT2D eigenvalue weighted by atomic mass is 10.2. The van der Waals surface area contributed by atoms with Gasteiger partial charge in [-0.2, -0.15) is 0 Å². The van der Waals surface area contributed by atoms with Crippen molar-refractivity contribution >= 4 is 46.6 Å². The van der Waals surface area contributed by atoms with E-state index in [0.29, 0.717) is 10.0 Å². The zero-order valence-corrected chi connectivity index (χ0v) is 14.0. The van der Waals surface area contributed by atoms with E-state index < -0.39 is 0 Å². The number of hydrogen-bond donors (Lipinski definition) is 1. The number of aryl methyl sites for hydroxylation is 1. The summed E-state index contributed by atoms with van der Waals surface area (Å²) in [6.07, 6.45) is 0. The molecule has 0 bridgehead atoms. The van der Waals surface area contributed by atoms with Crippen LogP contribution in [0.25, 0.3) is 0 Å². The van der Waals surface area contributed by atoms with Gasteiger partial charge in [0, 0.05) is 15.6 Å². The highest BCUT2D eigenvalue weighted by Crippen LogP contribution is 2.33. The minimum Gasteiger partial charge on any atom is -0.325 e. The summed E-state index contributed by atoms with van der Waals surface area (Å²) in [7, 11) is 0. The Morgan fingerprint density at radius 3 is 2.67 bits per heavy atom. The van der Waals surface area contributed by atoms with Crippen LogP contribution in [0.5, 0.6) is 0 Å². The standard InChI is InChI=1S/C16H15Cl2NOS/c1-10-4-3-5-13(8-10)19-16(20)11(2)21-15-9-12(17)6-7-14(15)18/h3-9,11H,1-2H3,(H,19,20)/t11-/m1/s1. The highest BCUT2D eigenvalue weighted by Gasteiger charge is 2.16. The number of benzene rings is 2. The van der Waals surface area contributed by atoms with Gasteiger partial charge in [0.1, 0.15) is 0 Å². The Morgan fingerprint density at radius 2 is 1.95 bits per heavy atom. The van der Waals surface area contributed by atoms with Crippen molar-refractivity contribution in [1.29, 1.82) is 0 Å². The summed E-state index contributed by atoms with van der Waals surface area (Å²) in [6, 6.07) is 12.9. The minimum atomic E-state index is -0.276. The van der Waals surface area contributed by atoms with Crippen molar-refractivity contribution in [2.75, 3.05) is 5.32 Å². The van der Waals surface area contributed by atoms with Gasteiger partial charge in [0.05, 0.1) is 10.3 Å². The van der Waals surface area contributed by atoms with Gasteiger partial charge in [-0.05, 0) is 49.7 Å². The van der Waals surface area contributed by atoms with Gasteiger partial charge in [0.15, 0.2) is 0 Å². The molecule has 5 heteroatoms. The number of anilines is 1. The molecular weight excluding hydrogens is 325 g/mol. The second kappa shape index (κ2) is 7.21. The van der Waals surface area contributed by atoms with Crippen LogP contribution in [-0.2, 0) is 4.79 Å². The van der Waals surface area contributed by atoms with Crippen LogP contribution >= 0.6 is 35.0 Å². The highest BCUT2D eigenvalue weighted by atomic mass is 35.5. The fourth-order valence-electron chi connectivity index (χ4n) is 1.78. The second-order valence-corrected chi connectivity index (χ2v) is 6.92. The summed E-state index contributed by atoms with van der Waals surface area (Å²) in [4.78, 5) is 13.0. The van der Waals surface area contributed by atoms with Gasteiger partial charge >= 0.3 is 0 Å². The summed E-state index contributed by atoms with van der Waals surface area (Å²) in [5.74, 6) is -0.0679. The number of nitrogens with one attached hydrogen (secondary N) is 1. The Morgan fingerprint density at radius 1 is 1.19 bits per heavy atom. The molecule has 0 aromatic heterocycles. The molecular formula is C16H15Cl2NOS. The third-order valence-corrected chi connectivity index (χ3v) is 4.69. The van der Waals surface area contributed by atoms with Gasteiger partial charge in [-0.1, -0.05) is 35.3 Å². The topological polar surface area (TPSA) is 29.1 Å². The van der Waals surface area contributed by atoms with Crippen LogP contribution in [0.3, 0.4) is 0 Å². The maximum absolute atomic E-state index is 12.2. The fourth-order valence-corrected chi connectivity index (χ4v) is 3.19. The third-order valence-electron chi connectivity index (χ3n) is 2.85. The Balaban J connectivity index is 2.04. The molecule has 0 heterocycles. The Labute approximate surface area is 138 Å². The molecule has 1 amide bonds. The maximum atomic E-state index is 12.2. The van der Waals surface area contributed by atoms with Crippen molar-refractivity contribution in [1.82, 2.24) is 0 Å². The molecule has 0 aliphatic rings. The van der Waals surface area contributed by atoms with Crippen LogP contribution in [0.4, 0.5) is 5.69 Å². The number of thioether (sulfide) groups is 1. The molecule has 0 spiro atoms. The van der Waals surface area contributed by atoms with E-state index in [1.165, 1.54) is 11.8 Å². The SMILES string of the molecule is Cc1cccc(NC(=O)[C@@H](C)Sc2cc(Cl)ccc2Cl)c1. The molecule has 1 N–H and O–H groups in total. The van der Waals surface area contributed by atoms with E-state index in [-0.39, 0.29) is 11.2 Å². The van der Waals surface area contributed by atoms with E-state index in [9.17, 15) is 4.79 Å². The Kier molecular flexibility index (Phi) is 5.57. The zero-order valence-electron chi connectivity index (χ0n) is 11.7. The molecule has 0 saturated carbocycles. The number of rotatable bonds is 4. The first-order chi connectivity index (χ1) is 9.95. The first-order valence-corrected chi connectivity index (χ1v) is 8.08. The molecule has 0 radical (unpaired) electrons. The van der Waals surface area contributed by atoms with E-state index in [4.69, 9.17) is 23.2 Å². The number of halogens is 2. The molecule has 1 atom stereocenters. The minimum absolute atomic E-state index is 0.0679. The van der Waals surface area contributed by atoms with Crippen LogP contribution in [0.15, 0.2) is 47.4 Å². The van der Waals surface area contributed by atoms with Crippen molar-refractivity contribution in [2.24, 2.45) is 0 Å². The third kappa shape index (κ3) is 4.67.